The molecule has 3 aromatic rings. The maximum absolute atomic E-state index is 11.6. The van der Waals surface area contributed by atoms with E-state index in [1.165, 1.54) is 0 Å². The van der Waals surface area contributed by atoms with Crippen molar-refractivity contribution in [3.8, 4) is 17.1 Å². The van der Waals surface area contributed by atoms with Crippen LogP contribution in [0.5, 0.6) is 5.75 Å². The molecule has 0 atom stereocenters. The maximum Gasteiger partial charge on any atom is 0.338 e. The molecule has 0 unspecified atom stereocenters. The van der Waals surface area contributed by atoms with Gasteiger partial charge in [-0.25, -0.2) is 4.79 Å². The fourth-order valence-electron chi connectivity index (χ4n) is 2.08. The highest BCUT2D eigenvalue weighted by Crippen LogP contribution is 2.20. The van der Waals surface area contributed by atoms with E-state index >= 15 is 0 Å². The summed E-state index contributed by atoms with van der Waals surface area (Å²) in [6, 6.07) is 14.3. The number of hydrogen-bond donors (Lipinski definition) is 0. The first kappa shape index (κ1) is 17.2. The minimum absolute atomic E-state index is 0.141. The Morgan fingerprint density at radius 3 is 2.52 bits per heavy atom. The van der Waals surface area contributed by atoms with Crippen molar-refractivity contribution in [2.24, 2.45) is 0 Å². The third kappa shape index (κ3) is 4.45. The van der Waals surface area contributed by atoms with Gasteiger partial charge in [0.25, 0.3) is 5.89 Å². The van der Waals surface area contributed by atoms with E-state index in [1.54, 1.807) is 31.2 Å². The van der Waals surface area contributed by atoms with Gasteiger partial charge in [-0.2, -0.15) is 4.98 Å². The van der Waals surface area contributed by atoms with Crippen LogP contribution >= 0.6 is 15.9 Å². The van der Waals surface area contributed by atoms with Crippen LogP contribution in [0.1, 0.15) is 23.2 Å². The van der Waals surface area contributed by atoms with E-state index in [9.17, 15) is 4.79 Å². The fraction of sp³-hybridized carbons (Fsp3) is 0.167. The lowest BCUT2D eigenvalue weighted by Gasteiger charge is -2.05. The number of halogens is 1. The molecule has 6 nitrogen and oxygen atoms in total. The van der Waals surface area contributed by atoms with E-state index in [-0.39, 0.29) is 12.6 Å². The first-order chi connectivity index (χ1) is 12.2. The molecule has 7 heteroatoms. The highest BCUT2D eigenvalue weighted by Gasteiger charge is 2.10. The third-order valence-corrected chi connectivity index (χ3v) is 3.83. The van der Waals surface area contributed by atoms with Gasteiger partial charge >= 0.3 is 5.97 Å². The van der Waals surface area contributed by atoms with Gasteiger partial charge in [-0.15, -0.1) is 0 Å². The van der Waals surface area contributed by atoms with Crippen molar-refractivity contribution in [1.29, 1.82) is 0 Å². The number of benzene rings is 2. The standard InChI is InChI=1S/C18H15BrN2O4/c1-2-23-18(22)13-5-9-15(10-6-13)24-11-16-20-17(21-25-16)12-3-7-14(19)8-4-12/h3-10H,2,11H2,1H3. The molecule has 2 aromatic carbocycles. The average Bonchev–Trinajstić information content (AvgIpc) is 3.10. The second-order valence-corrected chi connectivity index (χ2v) is 5.97. The average molecular weight is 403 g/mol. The maximum atomic E-state index is 11.6. The minimum Gasteiger partial charge on any atom is -0.484 e. The Hall–Kier alpha value is -2.67. The van der Waals surface area contributed by atoms with Gasteiger partial charge in [-0.1, -0.05) is 21.1 Å². The quantitative estimate of drug-likeness (QED) is 0.573. The lowest BCUT2D eigenvalue weighted by Crippen LogP contribution is -2.04. The summed E-state index contributed by atoms with van der Waals surface area (Å²) in [6.07, 6.45) is 0. The molecule has 0 aliphatic heterocycles. The van der Waals surface area contributed by atoms with Gasteiger partial charge in [-0.3, -0.25) is 0 Å². The topological polar surface area (TPSA) is 74.5 Å². The van der Waals surface area contributed by atoms with Gasteiger partial charge in [0.1, 0.15) is 5.75 Å². The summed E-state index contributed by atoms with van der Waals surface area (Å²) in [7, 11) is 0. The molecule has 0 fully saturated rings. The molecule has 0 radical (unpaired) electrons. The predicted molar refractivity (Wildman–Crippen MR) is 94.2 cm³/mol. The van der Waals surface area contributed by atoms with Gasteiger partial charge in [0.05, 0.1) is 12.2 Å². The number of hydrogen-bond acceptors (Lipinski definition) is 6. The largest absolute Gasteiger partial charge is 0.484 e. The van der Waals surface area contributed by atoms with Crippen molar-refractivity contribution >= 4 is 21.9 Å². The third-order valence-electron chi connectivity index (χ3n) is 3.30. The van der Waals surface area contributed by atoms with Crippen molar-refractivity contribution < 1.29 is 18.8 Å². The van der Waals surface area contributed by atoms with Gasteiger partial charge in [-0.05, 0) is 55.5 Å². The van der Waals surface area contributed by atoms with Crippen LogP contribution < -0.4 is 4.74 Å². The molecule has 3 rings (SSSR count). The fourth-order valence-corrected chi connectivity index (χ4v) is 2.34. The Morgan fingerprint density at radius 2 is 1.84 bits per heavy atom. The van der Waals surface area contributed by atoms with E-state index < -0.39 is 0 Å². The van der Waals surface area contributed by atoms with Gasteiger partial charge in [0.15, 0.2) is 6.61 Å². The first-order valence-electron chi connectivity index (χ1n) is 7.64. The Balaban J connectivity index is 1.60. The number of rotatable bonds is 6. The zero-order valence-electron chi connectivity index (χ0n) is 13.4. The first-order valence-corrected chi connectivity index (χ1v) is 8.43. The Labute approximate surface area is 152 Å². The number of aromatic nitrogens is 2. The predicted octanol–water partition coefficient (Wildman–Crippen LogP) is 4.25. The lowest BCUT2D eigenvalue weighted by atomic mass is 10.2. The lowest BCUT2D eigenvalue weighted by molar-refractivity contribution is 0.0526. The molecule has 1 heterocycles. The van der Waals surface area contributed by atoms with Crippen molar-refractivity contribution in [1.82, 2.24) is 10.1 Å². The molecule has 0 N–H and O–H groups in total. The summed E-state index contributed by atoms with van der Waals surface area (Å²) in [5.74, 6) is 1.11. The summed E-state index contributed by atoms with van der Waals surface area (Å²) in [6.45, 7) is 2.25. The van der Waals surface area contributed by atoms with Crippen LogP contribution in [0.2, 0.25) is 0 Å². The van der Waals surface area contributed by atoms with E-state index in [1.807, 2.05) is 24.3 Å². The van der Waals surface area contributed by atoms with Crippen LogP contribution in [0, 0.1) is 0 Å². The van der Waals surface area contributed by atoms with Crippen molar-refractivity contribution in [3.05, 3.63) is 64.5 Å². The minimum atomic E-state index is -0.356. The molecule has 0 saturated heterocycles. The van der Waals surface area contributed by atoms with Crippen LogP contribution in [-0.2, 0) is 11.3 Å². The second-order valence-electron chi connectivity index (χ2n) is 5.05. The van der Waals surface area contributed by atoms with Gasteiger partial charge in [0.2, 0.25) is 5.82 Å². The molecular formula is C18H15BrN2O4. The molecule has 1 aromatic heterocycles. The van der Waals surface area contributed by atoms with Crippen LogP contribution in [0.15, 0.2) is 57.5 Å². The molecule has 0 aliphatic carbocycles. The van der Waals surface area contributed by atoms with E-state index in [0.29, 0.717) is 29.6 Å². The molecule has 0 saturated carbocycles. The van der Waals surface area contributed by atoms with Crippen molar-refractivity contribution in [3.63, 3.8) is 0 Å². The van der Waals surface area contributed by atoms with Crippen molar-refractivity contribution in [2.75, 3.05) is 6.61 Å². The number of carbonyl (C=O) groups excluding carboxylic acids is 1. The molecule has 25 heavy (non-hydrogen) atoms. The van der Waals surface area contributed by atoms with Crippen molar-refractivity contribution in [2.45, 2.75) is 13.5 Å². The van der Waals surface area contributed by atoms with Gasteiger partial charge in [0, 0.05) is 10.0 Å². The van der Waals surface area contributed by atoms with Crippen LogP contribution in [0.3, 0.4) is 0 Å². The Morgan fingerprint density at radius 1 is 1.12 bits per heavy atom. The smallest absolute Gasteiger partial charge is 0.338 e. The van der Waals surface area contributed by atoms with E-state index in [0.717, 1.165) is 10.0 Å². The summed E-state index contributed by atoms with van der Waals surface area (Å²) in [4.78, 5) is 15.9. The van der Waals surface area contributed by atoms with Crippen LogP contribution in [-0.4, -0.2) is 22.7 Å². The Kier molecular flexibility index (Phi) is 5.45. The molecule has 0 amide bonds. The summed E-state index contributed by atoms with van der Waals surface area (Å²) < 4.78 is 16.7. The van der Waals surface area contributed by atoms with Gasteiger partial charge < -0.3 is 14.0 Å². The monoisotopic (exact) mass is 402 g/mol. The highest BCUT2D eigenvalue weighted by atomic mass is 79.9. The van der Waals surface area contributed by atoms with E-state index in [4.69, 9.17) is 14.0 Å². The number of ether oxygens (including phenoxy) is 2. The molecule has 0 aliphatic rings. The number of carbonyl (C=O) groups is 1. The summed E-state index contributed by atoms with van der Waals surface area (Å²) >= 11 is 3.38. The summed E-state index contributed by atoms with van der Waals surface area (Å²) in [5.41, 5.74) is 1.33. The SMILES string of the molecule is CCOC(=O)c1ccc(OCc2nc(-c3ccc(Br)cc3)no2)cc1. The normalized spacial score (nSPS) is 10.5. The van der Waals surface area contributed by atoms with E-state index in [2.05, 4.69) is 26.1 Å². The molecular weight excluding hydrogens is 388 g/mol. The van der Waals surface area contributed by atoms with Crippen LogP contribution in [0.25, 0.3) is 11.4 Å². The second kappa shape index (κ2) is 7.94. The van der Waals surface area contributed by atoms with Crippen LogP contribution in [0.4, 0.5) is 0 Å². The number of nitrogens with zero attached hydrogens (tertiary/aromatic N) is 2. The zero-order chi connectivity index (χ0) is 17.6. The number of esters is 1. The molecule has 128 valence electrons. The Bertz CT molecular complexity index is 844. The molecule has 0 bridgehead atoms. The summed E-state index contributed by atoms with van der Waals surface area (Å²) in [5, 5.41) is 3.94. The zero-order valence-corrected chi connectivity index (χ0v) is 15.0. The highest BCUT2D eigenvalue weighted by molar-refractivity contribution is 9.10. The molecule has 0 spiro atoms.